The van der Waals surface area contributed by atoms with Crippen molar-refractivity contribution in [2.75, 3.05) is 44.1 Å². The van der Waals surface area contributed by atoms with Gasteiger partial charge in [0.05, 0.1) is 24.9 Å². The van der Waals surface area contributed by atoms with E-state index in [9.17, 15) is 4.79 Å². The number of ether oxygens (including phenoxy) is 1. The van der Waals surface area contributed by atoms with Gasteiger partial charge in [0.2, 0.25) is 0 Å². The van der Waals surface area contributed by atoms with E-state index in [1.54, 1.807) is 14.1 Å². The van der Waals surface area contributed by atoms with E-state index in [1.807, 2.05) is 36.0 Å². The fourth-order valence-electron chi connectivity index (χ4n) is 3.09. The molecule has 0 unspecified atom stereocenters. The van der Waals surface area contributed by atoms with Gasteiger partial charge in [0, 0.05) is 43.7 Å². The number of anilines is 2. The van der Waals surface area contributed by atoms with E-state index in [-0.39, 0.29) is 12.1 Å². The summed E-state index contributed by atoms with van der Waals surface area (Å²) in [6, 6.07) is 9.89. The van der Waals surface area contributed by atoms with Gasteiger partial charge in [-0.2, -0.15) is 11.8 Å². The lowest BCUT2D eigenvalue weighted by Gasteiger charge is -2.34. The lowest BCUT2D eigenvalue weighted by atomic mass is 10.2. The van der Waals surface area contributed by atoms with Gasteiger partial charge in [-0.25, -0.2) is 14.8 Å². The minimum absolute atomic E-state index is 0.157. The molecule has 1 aliphatic heterocycles. The van der Waals surface area contributed by atoms with E-state index < -0.39 is 0 Å². The largest absolute Gasteiger partial charge is 0.377 e. The van der Waals surface area contributed by atoms with Crippen molar-refractivity contribution >= 4 is 29.3 Å². The summed E-state index contributed by atoms with van der Waals surface area (Å²) in [4.78, 5) is 25.4. The molecule has 2 heterocycles. The van der Waals surface area contributed by atoms with Gasteiger partial charge in [-0.1, -0.05) is 13.8 Å². The Morgan fingerprint density at radius 3 is 2.67 bits per heavy atom. The molecule has 162 valence electrons. The molecule has 8 heteroatoms. The van der Waals surface area contributed by atoms with Crippen molar-refractivity contribution in [2.45, 2.75) is 37.8 Å². The number of hydrogen-bond acceptors (Lipinski definition) is 6. The first kappa shape index (κ1) is 22.4. The smallest absolute Gasteiger partial charge is 0.321 e. The molecule has 0 saturated carbocycles. The number of amides is 2. The average Bonchev–Trinajstić information content (AvgIpc) is 2.73. The molecule has 7 nitrogen and oxygen atoms in total. The van der Waals surface area contributed by atoms with Gasteiger partial charge in [-0.15, -0.1) is 0 Å². The van der Waals surface area contributed by atoms with Crippen LogP contribution in [0.3, 0.4) is 0 Å². The Hall–Kier alpha value is -2.32. The van der Waals surface area contributed by atoms with E-state index in [0.717, 1.165) is 35.1 Å². The van der Waals surface area contributed by atoms with Crippen LogP contribution < -0.4 is 10.2 Å². The number of morpholine rings is 1. The topological polar surface area (TPSA) is 70.6 Å². The molecule has 0 spiro atoms. The number of nitrogens with zero attached hydrogens (tertiary/aromatic N) is 4. The normalized spacial score (nSPS) is 16.6. The SMILES string of the molecule is CC(C)SCc1cc(N2CCOC[C@@H]2C)nc(-c2ccc(NC(=O)N(C)C)cc2)n1. The van der Waals surface area contributed by atoms with Gasteiger partial charge in [0.1, 0.15) is 5.82 Å². The Bertz CT molecular complexity index is 857. The second-order valence-electron chi connectivity index (χ2n) is 7.92. The first-order chi connectivity index (χ1) is 14.3. The highest BCUT2D eigenvalue weighted by molar-refractivity contribution is 7.99. The predicted molar refractivity (Wildman–Crippen MR) is 124 cm³/mol. The summed E-state index contributed by atoms with van der Waals surface area (Å²) < 4.78 is 5.59. The van der Waals surface area contributed by atoms with Crippen molar-refractivity contribution < 1.29 is 9.53 Å². The lowest BCUT2D eigenvalue weighted by Crippen LogP contribution is -2.44. The Balaban J connectivity index is 1.89. The van der Waals surface area contributed by atoms with Crippen LogP contribution in [0.1, 0.15) is 26.5 Å². The summed E-state index contributed by atoms with van der Waals surface area (Å²) in [6.07, 6.45) is 0. The molecular formula is C22H31N5O2S. The maximum Gasteiger partial charge on any atom is 0.321 e. The molecule has 3 rings (SSSR count). The maximum atomic E-state index is 11.9. The van der Waals surface area contributed by atoms with E-state index in [4.69, 9.17) is 14.7 Å². The lowest BCUT2D eigenvalue weighted by molar-refractivity contribution is 0.0985. The number of carbonyl (C=O) groups is 1. The minimum Gasteiger partial charge on any atom is -0.377 e. The number of hydrogen-bond donors (Lipinski definition) is 1. The number of carbonyl (C=O) groups excluding carboxylic acids is 1. The van der Waals surface area contributed by atoms with Gasteiger partial charge in [0.15, 0.2) is 5.82 Å². The zero-order chi connectivity index (χ0) is 21.7. The van der Waals surface area contributed by atoms with Gasteiger partial charge in [0.25, 0.3) is 0 Å². The number of benzene rings is 1. The van der Waals surface area contributed by atoms with Crippen molar-refractivity contribution in [1.29, 1.82) is 0 Å². The molecule has 1 fully saturated rings. The second-order valence-corrected chi connectivity index (χ2v) is 9.48. The highest BCUT2D eigenvalue weighted by Crippen LogP contribution is 2.26. The summed E-state index contributed by atoms with van der Waals surface area (Å²) in [5.41, 5.74) is 2.69. The molecule has 2 aromatic rings. The van der Waals surface area contributed by atoms with Crippen LogP contribution in [-0.4, -0.2) is 66.0 Å². The van der Waals surface area contributed by atoms with Gasteiger partial charge < -0.3 is 19.9 Å². The molecule has 0 bridgehead atoms. The molecule has 1 atom stereocenters. The summed E-state index contributed by atoms with van der Waals surface area (Å²) in [6.45, 7) is 8.78. The van der Waals surface area contributed by atoms with Crippen molar-refractivity contribution in [3.05, 3.63) is 36.0 Å². The van der Waals surface area contributed by atoms with Crippen LogP contribution in [0.15, 0.2) is 30.3 Å². The van der Waals surface area contributed by atoms with E-state index in [1.165, 1.54) is 4.90 Å². The van der Waals surface area contributed by atoms with Gasteiger partial charge in [-0.3, -0.25) is 0 Å². The standard InChI is InChI=1S/C22H31N5O2S/c1-15(2)30-14-19-12-20(27-10-11-29-13-16(27)3)25-21(23-19)17-6-8-18(9-7-17)24-22(28)26(4)5/h6-9,12,15-16H,10-11,13-14H2,1-5H3,(H,24,28)/t16-/m0/s1. The average molecular weight is 430 g/mol. The van der Waals surface area contributed by atoms with Crippen LogP contribution in [0, 0.1) is 0 Å². The third-order valence-electron chi connectivity index (χ3n) is 4.79. The number of urea groups is 1. The van der Waals surface area contributed by atoms with Gasteiger partial charge in [-0.05, 0) is 36.4 Å². The number of thioether (sulfide) groups is 1. The molecular weight excluding hydrogens is 398 g/mol. The monoisotopic (exact) mass is 429 g/mol. The molecule has 1 saturated heterocycles. The van der Waals surface area contributed by atoms with E-state index in [2.05, 4.69) is 37.1 Å². The fourth-order valence-corrected chi connectivity index (χ4v) is 3.74. The van der Waals surface area contributed by atoms with Crippen LogP contribution in [0.4, 0.5) is 16.3 Å². The highest BCUT2D eigenvalue weighted by atomic mass is 32.2. The van der Waals surface area contributed by atoms with Crippen molar-refractivity contribution in [3.8, 4) is 11.4 Å². The molecule has 0 radical (unpaired) electrons. The first-order valence-electron chi connectivity index (χ1n) is 10.3. The van der Waals surface area contributed by atoms with Crippen LogP contribution in [0.2, 0.25) is 0 Å². The third-order valence-corrected chi connectivity index (χ3v) is 5.92. The Morgan fingerprint density at radius 2 is 2.03 bits per heavy atom. The summed E-state index contributed by atoms with van der Waals surface area (Å²) >= 11 is 1.87. The van der Waals surface area contributed by atoms with E-state index in [0.29, 0.717) is 24.3 Å². The Morgan fingerprint density at radius 1 is 1.30 bits per heavy atom. The zero-order valence-electron chi connectivity index (χ0n) is 18.4. The summed E-state index contributed by atoms with van der Waals surface area (Å²) in [5, 5.41) is 3.39. The number of nitrogens with one attached hydrogen (secondary N) is 1. The molecule has 30 heavy (non-hydrogen) atoms. The molecule has 1 aliphatic rings. The van der Waals surface area contributed by atoms with Crippen LogP contribution in [0.5, 0.6) is 0 Å². The predicted octanol–water partition coefficient (Wildman–Crippen LogP) is 4.10. The molecule has 1 N–H and O–H groups in total. The Kier molecular flexibility index (Phi) is 7.55. The highest BCUT2D eigenvalue weighted by Gasteiger charge is 2.22. The summed E-state index contributed by atoms with van der Waals surface area (Å²) in [5.74, 6) is 2.49. The van der Waals surface area contributed by atoms with Crippen molar-refractivity contribution in [2.24, 2.45) is 0 Å². The Labute approximate surface area is 183 Å². The van der Waals surface area contributed by atoms with Crippen molar-refractivity contribution in [1.82, 2.24) is 14.9 Å². The quantitative estimate of drug-likeness (QED) is 0.745. The first-order valence-corrected chi connectivity index (χ1v) is 11.3. The number of rotatable bonds is 6. The van der Waals surface area contributed by atoms with Crippen LogP contribution in [0.25, 0.3) is 11.4 Å². The molecule has 1 aromatic heterocycles. The second kappa shape index (κ2) is 10.1. The number of aromatic nitrogens is 2. The van der Waals surface area contributed by atoms with Crippen LogP contribution in [-0.2, 0) is 10.5 Å². The maximum absolute atomic E-state index is 11.9. The van der Waals surface area contributed by atoms with Crippen LogP contribution >= 0.6 is 11.8 Å². The molecule has 1 aromatic carbocycles. The minimum atomic E-state index is -0.157. The summed E-state index contributed by atoms with van der Waals surface area (Å²) in [7, 11) is 3.43. The van der Waals surface area contributed by atoms with E-state index >= 15 is 0 Å². The van der Waals surface area contributed by atoms with Crippen molar-refractivity contribution in [3.63, 3.8) is 0 Å². The molecule has 2 amide bonds. The molecule has 0 aliphatic carbocycles. The third kappa shape index (κ3) is 5.86. The van der Waals surface area contributed by atoms with Gasteiger partial charge >= 0.3 is 6.03 Å². The fraction of sp³-hybridized carbons (Fsp3) is 0.500. The zero-order valence-corrected chi connectivity index (χ0v) is 19.2.